The number of halogens is 1. The Kier molecular flexibility index (Phi) is 4.02. The van der Waals surface area contributed by atoms with Gasteiger partial charge in [-0.1, -0.05) is 17.7 Å². The predicted octanol–water partition coefficient (Wildman–Crippen LogP) is 3.50. The quantitative estimate of drug-likeness (QED) is 0.690. The molecule has 0 spiro atoms. The van der Waals surface area contributed by atoms with Gasteiger partial charge in [0.15, 0.2) is 0 Å². The van der Waals surface area contributed by atoms with Crippen LogP contribution in [0.25, 0.3) is 10.9 Å². The number of aromatic amines is 1. The molecule has 5 heteroatoms. The fourth-order valence-electron chi connectivity index (χ4n) is 2.42. The molecular formula is C17H15ClN2O2. The molecule has 0 atom stereocenters. The largest absolute Gasteiger partial charge is 0.508 e. The normalized spacial score (nSPS) is 10.8. The van der Waals surface area contributed by atoms with Crippen LogP contribution in [0.3, 0.4) is 0 Å². The molecule has 0 radical (unpaired) electrons. The smallest absolute Gasteiger partial charge is 0.251 e. The second-order valence-electron chi connectivity index (χ2n) is 5.06. The summed E-state index contributed by atoms with van der Waals surface area (Å²) in [6, 6.07) is 12.1. The third kappa shape index (κ3) is 3.07. The Balaban J connectivity index is 1.64. The molecule has 2 aromatic carbocycles. The summed E-state index contributed by atoms with van der Waals surface area (Å²) in [4.78, 5) is 15.1. The molecule has 0 aliphatic carbocycles. The maximum absolute atomic E-state index is 12.0. The van der Waals surface area contributed by atoms with Gasteiger partial charge in [-0.25, -0.2) is 0 Å². The van der Waals surface area contributed by atoms with Crippen LogP contribution in [0.15, 0.2) is 48.7 Å². The summed E-state index contributed by atoms with van der Waals surface area (Å²) in [5, 5.41) is 13.9. The van der Waals surface area contributed by atoms with Crippen molar-refractivity contribution in [3.8, 4) is 5.75 Å². The van der Waals surface area contributed by atoms with Crippen LogP contribution in [0.4, 0.5) is 0 Å². The highest BCUT2D eigenvalue weighted by molar-refractivity contribution is 6.30. The number of H-pyrrole nitrogens is 1. The third-order valence-corrected chi connectivity index (χ3v) is 3.75. The van der Waals surface area contributed by atoms with Gasteiger partial charge in [-0.2, -0.15) is 0 Å². The summed E-state index contributed by atoms with van der Waals surface area (Å²) < 4.78 is 0. The van der Waals surface area contributed by atoms with E-state index in [1.807, 2.05) is 12.3 Å². The zero-order valence-corrected chi connectivity index (χ0v) is 12.5. The average molecular weight is 315 g/mol. The molecule has 3 rings (SSSR count). The van der Waals surface area contributed by atoms with Crippen molar-refractivity contribution in [3.05, 3.63) is 64.8 Å². The van der Waals surface area contributed by atoms with E-state index in [-0.39, 0.29) is 11.7 Å². The highest BCUT2D eigenvalue weighted by atomic mass is 35.5. The highest BCUT2D eigenvalue weighted by Crippen LogP contribution is 2.22. The lowest BCUT2D eigenvalue weighted by molar-refractivity contribution is 0.0954. The zero-order valence-electron chi connectivity index (χ0n) is 11.8. The number of rotatable bonds is 4. The number of phenols is 1. The molecule has 0 aliphatic heterocycles. The fourth-order valence-corrected chi connectivity index (χ4v) is 2.61. The summed E-state index contributed by atoms with van der Waals surface area (Å²) in [6.07, 6.45) is 2.60. The summed E-state index contributed by atoms with van der Waals surface area (Å²) >= 11 is 5.88. The monoisotopic (exact) mass is 314 g/mol. The lowest BCUT2D eigenvalue weighted by Gasteiger charge is -2.05. The summed E-state index contributed by atoms with van der Waals surface area (Å²) in [6.45, 7) is 0.527. The molecule has 0 saturated heterocycles. The van der Waals surface area contributed by atoms with Gasteiger partial charge in [-0.3, -0.25) is 4.79 Å². The number of aromatic hydroxyl groups is 1. The van der Waals surface area contributed by atoms with Crippen LogP contribution in [0, 0.1) is 0 Å². The van der Waals surface area contributed by atoms with Crippen molar-refractivity contribution in [2.45, 2.75) is 6.42 Å². The van der Waals surface area contributed by atoms with Crippen molar-refractivity contribution in [3.63, 3.8) is 0 Å². The highest BCUT2D eigenvalue weighted by Gasteiger charge is 2.07. The molecule has 112 valence electrons. The molecule has 4 nitrogen and oxygen atoms in total. The van der Waals surface area contributed by atoms with Crippen LogP contribution >= 0.6 is 11.6 Å². The molecule has 0 fully saturated rings. The molecule has 0 aliphatic rings. The van der Waals surface area contributed by atoms with Crippen LogP contribution in [0.5, 0.6) is 5.75 Å². The molecule has 0 unspecified atom stereocenters. The third-order valence-electron chi connectivity index (χ3n) is 3.52. The first-order chi connectivity index (χ1) is 10.6. The van der Waals surface area contributed by atoms with E-state index in [0.717, 1.165) is 16.5 Å². The van der Waals surface area contributed by atoms with Crippen LogP contribution in [0.1, 0.15) is 15.9 Å². The van der Waals surface area contributed by atoms with Crippen molar-refractivity contribution in [2.75, 3.05) is 6.54 Å². The molecule has 1 aromatic heterocycles. The Hall–Kier alpha value is -2.46. The van der Waals surface area contributed by atoms with E-state index in [1.54, 1.807) is 36.4 Å². The number of nitrogens with one attached hydrogen (secondary N) is 2. The van der Waals surface area contributed by atoms with Crippen molar-refractivity contribution < 1.29 is 9.90 Å². The maximum Gasteiger partial charge on any atom is 0.251 e. The van der Waals surface area contributed by atoms with E-state index >= 15 is 0 Å². The Bertz CT molecular complexity index is 826. The van der Waals surface area contributed by atoms with Gasteiger partial charge in [-0.05, 0) is 42.3 Å². The minimum absolute atomic E-state index is 0.139. The molecule has 1 heterocycles. The van der Waals surface area contributed by atoms with Gasteiger partial charge in [0.25, 0.3) is 5.91 Å². The van der Waals surface area contributed by atoms with Crippen molar-refractivity contribution in [1.29, 1.82) is 0 Å². The fraction of sp³-hybridized carbons (Fsp3) is 0.118. The van der Waals surface area contributed by atoms with Gasteiger partial charge in [0, 0.05) is 40.3 Å². The Morgan fingerprint density at radius 2 is 2.09 bits per heavy atom. The van der Waals surface area contributed by atoms with E-state index in [2.05, 4.69) is 10.3 Å². The standard InChI is InChI=1S/C17H15ClN2O2/c18-13-3-1-2-11(8-13)17(22)19-7-6-12-10-20-16-9-14(21)4-5-15(12)16/h1-5,8-10,20-21H,6-7H2,(H,19,22). The van der Waals surface area contributed by atoms with Gasteiger partial charge in [0.1, 0.15) is 5.75 Å². The van der Waals surface area contributed by atoms with Crippen LogP contribution in [-0.4, -0.2) is 22.5 Å². The van der Waals surface area contributed by atoms with Gasteiger partial charge >= 0.3 is 0 Å². The van der Waals surface area contributed by atoms with E-state index in [0.29, 0.717) is 23.6 Å². The molecular weight excluding hydrogens is 300 g/mol. The molecule has 3 aromatic rings. The van der Waals surface area contributed by atoms with Crippen LogP contribution in [-0.2, 0) is 6.42 Å². The first-order valence-corrected chi connectivity index (χ1v) is 7.34. The average Bonchev–Trinajstić information content (AvgIpc) is 2.89. The summed E-state index contributed by atoms with van der Waals surface area (Å²) in [5.41, 5.74) is 2.54. The SMILES string of the molecule is O=C(NCCc1c[nH]c2cc(O)ccc12)c1cccc(Cl)c1. The van der Waals surface area contributed by atoms with E-state index in [4.69, 9.17) is 11.6 Å². The van der Waals surface area contributed by atoms with Crippen LogP contribution < -0.4 is 5.32 Å². The van der Waals surface area contributed by atoms with Gasteiger partial charge in [-0.15, -0.1) is 0 Å². The molecule has 0 saturated carbocycles. The van der Waals surface area contributed by atoms with Crippen LogP contribution in [0.2, 0.25) is 5.02 Å². The minimum atomic E-state index is -0.139. The number of hydrogen-bond donors (Lipinski definition) is 3. The number of benzene rings is 2. The number of amides is 1. The van der Waals surface area contributed by atoms with E-state index < -0.39 is 0 Å². The molecule has 0 bridgehead atoms. The summed E-state index contributed by atoms with van der Waals surface area (Å²) in [7, 11) is 0. The number of fused-ring (bicyclic) bond motifs is 1. The van der Waals surface area contributed by atoms with Crippen molar-refractivity contribution in [2.24, 2.45) is 0 Å². The zero-order chi connectivity index (χ0) is 15.5. The van der Waals surface area contributed by atoms with Crippen molar-refractivity contribution in [1.82, 2.24) is 10.3 Å². The lowest BCUT2D eigenvalue weighted by atomic mass is 10.1. The number of carbonyl (C=O) groups excluding carboxylic acids is 1. The predicted molar refractivity (Wildman–Crippen MR) is 87.5 cm³/mol. The summed E-state index contributed by atoms with van der Waals surface area (Å²) in [5.74, 6) is 0.0927. The van der Waals surface area contributed by atoms with E-state index in [1.165, 1.54) is 0 Å². The lowest BCUT2D eigenvalue weighted by Crippen LogP contribution is -2.25. The van der Waals surface area contributed by atoms with Crippen molar-refractivity contribution >= 4 is 28.4 Å². The number of hydrogen-bond acceptors (Lipinski definition) is 2. The Morgan fingerprint density at radius 3 is 2.91 bits per heavy atom. The second-order valence-corrected chi connectivity index (χ2v) is 5.50. The Labute approximate surface area is 132 Å². The topological polar surface area (TPSA) is 65.1 Å². The van der Waals surface area contributed by atoms with E-state index in [9.17, 15) is 9.90 Å². The minimum Gasteiger partial charge on any atom is -0.508 e. The first kappa shape index (κ1) is 14.5. The first-order valence-electron chi connectivity index (χ1n) is 6.96. The second kappa shape index (κ2) is 6.12. The Morgan fingerprint density at radius 1 is 1.23 bits per heavy atom. The number of carbonyl (C=O) groups is 1. The maximum atomic E-state index is 12.0. The van der Waals surface area contributed by atoms with Gasteiger partial charge < -0.3 is 15.4 Å². The molecule has 1 amide bonds. The molecule has 22 heavy (non-hydrogen) atoms. The van der Waals surface area contributed by atoms with Gasteiger partial charge in [0.05, 0.1) is 0 Å². The number of phenolic OH excluding ortho intramolecular Hbond substituents is 1. The number of aromatic nitrogens is 1. The van der Waals surface area contributed by atoms with Gasteiger partial charge in [0.2, 0.25) is 0 Å². The molecule has 3 N–H and O–H groups in total.